The minimum atomic E-state index is -0.181. The van der Waals surface area contributed by atoms with E-state index < -0.39 is 0 Å². The van der Waals surface area contributed by atoms with E-state index in [9.17, 15) is 4.79 Å². The van der Waals surface area contributed by atoms with Crippen LogP contribution in [0, 0.1) is 0 Å². The zero-order valence-corrected chi connectivity index (χ0v) is 12.8. The second kappa shape index (κ2) is 6.67. The second-order valence-electron chi connectivity index (χ2n) is 4.65. The third-order valence-electron chi connectivity index (χ3n) is 2.78. The summed E-state index contributed by atoms with van der Waals surface area (Å²) in [7, 11) is 0. The number of carbonyl (C=O) groups excluding carboxylic acids is 1. The molecule has 1 amide bonds. The lowest BCUT2D eigenvalue weighted by Crippen LogP contribution is -2.29. The third kappa shape index (κ3) is 3.91. The maximum absolute atomic E-state index is 11.9. The Morgan fingerprint density at radius 2 is 2.30 bits per heavy atom. The molecule has 5 nitrogen and oxygen atoms in total. The Labute approximate surface area is 126 Å². The number of nitrogens with zero attached hydrogens (tertiary/aromatic N) is 2. The number of halogens is 1. The molecule has 0 aliphatic heterocycles. The van der Waals surface area contributed by atoms with Gasteiger partial charge in [-0.2, -0.15) is 5.10 Å². The van der Waals surface area contributed by atoms with Gasteiger partial charge in [0, 0.05) is 23.3 Å². The smallest absolute Gasteiger partial charge is 0.271 e. The molecule has 106 valence electrons. The lowest BCUT2D eigenvalue weighted by atomic mass is 10.2. The van der Waals surface area contributed by atoms with Crippen molar-refractivity contribution in [3.8, 4) is 5.69 Å². The van der Waals surface area contributed by atoms with Crippen molar-refractivity contribution in [2.24, 2.45) is 5.73 Å². The first-order valence-corrected chi connectivity index (χ1v) is 7.21. The van der Waals surface area contributed by atoms with E-state index >= 15 is 0 Å². The number of carbonyl (C=O) groups is 1. The van der Waals surface area contributed by atoms with Crippen molar-refractivity contribution >= 4 is 21.8 Å². The summed E-state index contributed by atoms with van der Waals surface area (Å²) in [5.74, 6) is -0.181. The van der Waals surface area contributed by atoms with Crippen molar-refractivity contribution in [1.29, 1.82) is 0 Å². The highest BCUT2D eigenvalue weighted by Gasteiger charge is 2.10. The van der Waals surface area contributed by atoms with Gasteiger partial charge in [0.2, 0.25) is 0 Å². The lowest BCUT2D eigenvalue weighted by Gasteiger charge is -2.05. The molecular formula is C14H17BrN4O. The monoisotopic (exact) mass is 336 g/mol. The summed E-state index contributed by atoms with van der Waals surface area (Å²) >= 11 is 3.41. The molecule has 2 rings (SSSR count). The highest BCUT2D eigenvalue weighted by molar-refractivity contribution is 9.10. The molecule has 2 aromatic rings. The third-order valence-corrected chi connectivity index (χ3v) is 3.27. The number of rotatable bonds is 5. The van der Waals surface area contributed by atoms with Crippen LogP contribution in [0.3, 0.4) is 0 Å². The maximum Gasteiger partial charge on any atom is 0.271 e. The molecule has 1 heterocycles. The van der Waals surface area contributed by atoms with Gasteiger partial charge in [-0.05, 0) is 37.6 Å². The van der Waals surface area contributed by atoms with Crippen LogP contribution < -0.4 is 11.1 Å². The molecule has 0 aliphatic rings. The zero-order valence-electron chi connectivity index (χ0n) is 11.2. The maximum atomic E-state index is 11.9. The first-order valence-electron chi connectivity index (χ1n) is 6.41. The average molecular weight is 337 g/mol. The van der Waals surface area contributed by atoms with Crippen LogP contribution >= 0.6 is 15.9 Å². The van der Waals surface area contributed by atoms with E-state index in [1.807, 2.05) is 31.2 Å². The molecule has 0 radical (unpaired) electrons. The van der Waals surface area contributed by atoms with Crippen molar-refractivity contribution in [2.45, 2.75) is 19.4 Å². The predicted octanol–water partition coefficient (Wildman–Crippen LogP) is 2.10. The van der Waals surface area contributed by atoms with Gasteiger partial charge in [-0.25, -0.2) is 4.68 Å². The molecule has 1 atom stereocenters. The molecule has 3 N–H and O–H groups in total. The van der Waals surface area contributed by atoms with Crippen molar-refractivity contribution in [1.82, 2.24) is 15.1 Å². The van der Waals surface area contributed by atoms with Crippen LogP contribution in [0.5, 0.6) is 0 Å². The SMILES string of the molecule is CC(N)CCNC(=O)c1ccn(-c2cccc(Br)c2)n1. The molecule has 0 saturated heterocycles. The first kappa shape index (κ1) is 14.7. The van der Waals surface area contributed by atoms with E-state index in [0.29, 0.717) is 12.2 Å². The Balaban J connectivity index is 2.03. The van der Waals surface area contributed by atoms with Crippen LogP contribution in [-0.2, 0) is 0 Å². The lowest BCUT2D eigenvalue weighted by molar-refractivity contribution is 0.0947. The van der Waals surface area contributed by atoms with Crippen molar-refractivity contribution in [2.75, 3.05) is 6.54 Å². The van der Waals surface area contributed by atoms with E-state index in [1.54, 1.807) is 16.9 Å². The molecule has 6 heteroatoms. The summed E-state index contributed by atoms with van der Waals surface area (Å²) in [4.78, 5) is 11.9. The molecule has 1 aromatic carbocycles. The fourth-order valence-corrected chi connectivity index (χ4v) is 2.10. The first-order chi connectivity index (χ1) is 9.56. The summed E-state index contributed by atoms with van der Waals surface area (Å²) in [6.45, 7) is 2.47. The van der Waals surface area contributed by atoms with Crippen molar-refractivity contribution in [3.63, 3.8) is 0 Å². The van der Waals surface area contributed by atoms with Gasteiger partial charge in [0.15, 0.2) is 5.69 Å². The van der Waals surface area contributed by atoms with Crippen LogP contribution in [0.15, 0.2) is 41.0 Å². The molecule has 1 unspecified atom stereocenters. The summed E-state index contributed by atoms with van der Waals surface area (Å²) in [6, 6.07) is 9.50. The van der Waals surface area contributed by atoms with Gasteiger partial charge in [0.1, 0.15) is 0 Å². The number of nitrogens with two attached hydrogens (primary N) is 1. The van der Waals surface area contributed by atoms with Crippen LogP contribution in [0.25, 0.3) is 5.69 Å². The van der Waals surface area contributed by atoms with Crippen LogP contribution in [0.4, 0.5) is 0 Å². The highest BCUT2D eigenvalue weighted by atomic mass is 79.9. The van der Waals surface area contributed by atoms with Gasteiger partial charge in [-0.3, -0.25) is 4.79 Å². The van der Waals surface area contributed by atoms with Gasteiger partial charge < -0.3 is 11.1 Å². The number of amides is 1. The summed E-state index contributed by atoms with van der Waals surface area (Å²) in [6.07, 6.45) is 2.51. The molecule has 0 fully saturated rings. The molecule has 20 heavy (non-hydrogen) atoms. The fraction of sp³-hybridized carbons (Fsp3) is 0.286. The number of nitrogens with one attached hydrogen (secondary N) is 1. The summed E-state index contributed by atoms with van der Waals surface area (Å²) < 4.78 is 2.64. The van der Waals surface area contributed by atoms with Gasteiger partial charge in [-0.15, -0.1) is 0 Å². The second-order valence-corrected chi connectivity index (χ2v) is 5.56. The molecule has 1 aromatic heterocycles. The van der Waals surface area contributed by atoms with Crippen molar-refractivity contribution in [3.05, 3.63) is 46.7 Å². The van der Waals surface area contributed by atoms with Crippen LogP contribution in [0.1, 0.15) is 23.8 Å². The highest BCUT2D eigenvalue weighted by Crippen LogP contribution is 2.15. The van der Waals surface area contributed by atoms with E-state index in [4.69, 9.17) is 5.73 Å². The number of hydrogen-bond acceptors (Lipinski definition) is 3. The molecule has 0 spiro atoms. The Morgan fingerprint density at radius 1 is 1.50 bits per heavy atom. The summed E-state index contributed by atoms with van der Waals surface area (Å²) in [5.41, 5.74) is 6.93. The molecule has 0 bridgehead atoms. The standard InChI is InChI=1S/C14H17BrN4O/c1-10(16)5-7-17-14(20)13-6-8-19(18-13)12-4-2-3-11(15)9-12/h2-4,6,8-10H,5,7,16H2,1H3,(H,17,20). The Morgan fingerprint density at radius 3 is 3.00 bits per heavy atom. The average Bonchev–Trinajstić information content (AvgIpc) is 2.87. The Kier molecular flexibility index (Phi) is 4.92. The minimum Gasteiger partial charge on any atom is -0.351 e. The fourth-order valence-electron chi connectivity index (χ4n) is 1.71. The number of benzene rings is 1. The Bertz CT molecular complexity index is 594. The van der Waals surface area contributed by atoms with E-state index in [-0.39, 0.29) is 11.9 Å². The van der Waals surface area contributed by atoms with E-state index in [1.165, 1.54) is 0 Å². The molecular weight excluding hydrogens is 320 g/mol. The van der Waals surface area contributed by atoms with E-state index in [0.717, 1.165) is 16.6 Å². The van der Waals surface area contributed by atoms with E-state index in [2.05, 4.69) is 26.3 Å². The predicted molar refractivity (Wildman–Crippen MR) is 81.9 cm³/mol. The number of hydrogen-bond donors (Lipinski definition) is 2. The van der Waals surface area contributed by atoms with Gasteiger partial charge in [-0.1, -0.05) is 22.0 Å². The van der Waals surface area contributed by atoms with Crippen molar-refractivity contribution < 1.29 is 4.79 Å². The largest absolute Gasteiger partial charge is 0.351 e. The zero-order chi connectivity index (χ0) is 14.5. The van der Waals surface area contributed by atoms with Crippen LogP contribution in [-0.4, -0.2) is 28.3 Å². The number of aromatic nitrogens is 2. The van der Waals surface area contributed by atoms with Gasteiger partial charge in [0.05, 0.1) is 5.69 Å². The normalized spacial score (nSPS) is 12.2. The van der Waals surface area contributed by atoms with Crippen LogP contribution in [0.2, 0.25) is 0 Å². The topological polar surface area (TPSA) is 72.9 Å². The minimum absolute atomic E-state index is 0.0783. The Hall–Kier alpha value is -1.66. The summed E-state index contributed by atoms with van der Waals surface area (Å²) in [5, 5.41) is 7.07. The van der Waals surface area contributed by atoms with Gasteiger partial charge in [0.25, 0.3) is 5.91 Å². The molecule has 0 saturated carbocycles. The quantitative estimate of drug-likeness (QED) is 0.878. The van der Waals surface area contributed by atoms with Gasteiger partial charge >= 0.3 is 0 Å². The molecule has 0 aliphatic carbocycles.